The van der Waals surface area contributed by atoms with E-state index in [9.17, 15) is 4.79 Å². The Morgan fingerprint density at radius 2 is 1.94 bits per heavy atom. The highest BCUT2D eigenvalue weighted by Gasteiger charge is 2.27. The van der Waals surface area contributed by atoms with Crippen LogP contribution in [0.25, 0.3) is 5.65 Å². The van der Waals surface area contributed by atoms with E-state index < -0.39 is 0 Å². The van der Waals surface area contributed by atoms with Gasteiger partial charge in [0.05, 0.1) is 11.3 Å². The molecule has 0 saturated carbocycles. The molecule has 6 nitrogen and oxygen atoms in total. The number of nitrogens with one attached hydrogen (secondary N) is 2. The van der Waals surface area contributed by atoms with Gasteiger partial charge in [0.25, 0.3) is 5.91 Å². The third-order valence-corrected chi connectivity index (χ3v) is 5.72. The number of aromatic nitrogens is 2. The van der Waals surface area contributed by atoms with Crippen molar-refractivity contribution in [3.8, 4) is 5.75 Å². The molecule has 0 aliphatic carbocycles. The van der Waals surface area contributed by atoms with Crippen LogP contribution in [0.15, 0.2) is 48.8 Å². The summed E-state index contributed by atoms with van der Waals surface area (Å²) in [5.74, 6) is 0.487. The normalized spacial score (nSPS) is 14.9. The molecular weight excluding hydrogens is 435 g/mol. The van der Waals surface area contributed by atoms with Gasteiger partial charge in [-0.15, -0.1) is 24.8 Å². The smallest absolute Gasteiger partial charge is 0.255 e. The molecule has 168 valence electrons. The van der Waals surface area contributed by atoms with Gasteiger partial charge < -0.3 is 19.8 Å². The fourth-order valence-electron chi connectivity index (χ4n) is 3.80. The first-order valence-electron chi connectivity index (χ1n) is 10.2. The molecule has 1 aliphatic heterocycles. The highest BCUT2D eigenvalue weighted by Crippen LogP contribution is 2.27. The van der Waals surface area contributed by atoms with E-state index in [1.165, 1.54) is 0 Å². The quantitative estimate of drug-likeness (QED) is 0.573. The predicted octanol–water partition coefficient (Wildman–Crippen LogP) is 4.18. The average molecular weight is 465 g/mol. The molecule has 0 unspecified atom stereocenters. The summed E-state index contributed by atoms with van der Waals surface area (Å²) in [6.45, 7) is 7.27. The molecule has 0 radical (unpaired) electrons. The van der Waals surface area contributed by atoms with Crippen molar-refractivity contribution in [3.05, 3.63) is 65.6 Å². The molecular formula is C23H30Cl2N4O2. The Hall–Kier alpha value is -2.28. The summed E-state index contributed by atoms with van der Waals surface area (Å²) in [5.41, 5.74) is 3.57. The Morgan fingerprint density at radius 1 is 1.19 bits per heavy atom. The molecule has 4 rings (SSSR count). The van der Waals surface area contributed by atoms with Crippen molar-refractivity contribution < 1.29 is 9.53 Å². The lowest BCUT2D eigenvalue weighted by molar-refractivity contribution is 0.0917. The second-order valence-corrected chi connectivity index (χ2v) is 8.18. The first-order chi connectivity index (χ1) is 14.0. The number of para-hydroxylation sites is 1. The van der Waals surface area contributed by atoms with E-state index in [2.05, 4.69) is 22.5 Å². The highest BCUT2D eigenvalue weighted by atomic mass is 35.5. The van der Waals surface area contributed by atoms with Crippen LogP contribution in [-0.2, 0) is 6.61 Å². The number of aryl methyl sites for hydroxylation is 1. The lowest BCUT2D eigenvalue weighted by Crippen LogP contribution is -2.42. The number of hydrogen-bond donors (Lipinski definition) is 2. The molecule has 3 aromatic rings. The Kier molecular flexibility index (Phi) is 8.74. The van der Waals surface area contributed by atoms with E-state index in [4.69, 9.17) is 4.74 Å². The monoisotopic (exact) mass is 464 g/mol. The third kappa shape index (κ3) is 5.91. The predicted molar refractivity (Wildman–Crippen MR) is 128 cm³/mol. The third-order valence-electron chi connectivity index (χ3n) is 5.72. The first-order valence-corrected chi connectivity index (χ1v) is 10.2. The maximum atomic E-state index is 12.8. The van der Waals surface area contributed by atoms with Gasteiger partial charge in [-0.1, -0.05) is 25.1 Å². The maximum Gasteiger partial charge on any atom is 0.255 e. The second kappa shape index (κ2) is 10.8. The summed E-state index contributed by atoms with van der Waals surface area (Å²) < 4.78 is 7.98. The van der Waals surface area contributed by atoms with Gasteiger partial charge >= 0.3 is 0 Å². The van der Waals surface area contributed by atoms with Crippen LogP contribution in [0.5, 0.6) is 5.75 Å². The lowest BCUT2D eigenvalue weighted by Gasteiger charge is -2.34. The molecule has 8 heteroatoms. The average Bonchev–Trinajstić information content (AvgIpc) is 3.16. The second-order valence-electron chi connectivity index (χ2n) is 8.18. The van der Waals surface area contributed by atoms with Crippen molar-refractivity contribution in [3.63, 3.8) is 0 Å². The lowest BCUT2D eigenvalue weighted by atomic mass is 9.81. The van der Waals surface area contributed by atoms with Crippen molar-refractivity contribution in [2.24, 2.45) is 5.41 Å². The van der Waals surface area contributed by atoms with Gasteiger partial charge in [0.1, 0.15) is 18.0 Å². The van der Waals surface area contributed by atoms with E-state index >= 15 is 0 Å². The minimum atomic E-state index is -0.0915. The van der Waals surface area contributed by atoms with Crippen LogP contribution in [0.1, 0.15) is 41.4 Å². The van der Waals surface area contributed by atoms with Crippen LogP contribution in [0.2, 0.25) is 0 Å². The molecule has 1 aromatic carbocycles. The van der Waals surface area contributed by atoms with E-state index in [0.717, 1.165) is 42.8 Å². The van der Waals surface area contributed by atoms with Crippen molar-refractivity contribution in [1.82, 2.24) is 20.0 Å². The summed E-state index contributed by atoms with van der Waals surface area (Å²) in [6, 6.07) is 11.4. The number of ether oxygens (including phenoxy) is 1. The number of nitrogens with zero attached hydrogens (tertiary/aromatic N) is 2. The van der Waals surface area contributed by atoms with Gasteiger partial charge in [0.15, 0.2) is 0 Å². The van der Waals surface area contributed by atoms with E-state index in [1.54, 1.807) is 0 Å². The molecule has 1 saturated heterocycles. The van der Waals surface area contributed by atoms with E-state index in [0.29, 0.717) is 24.5 Å². The number of imidazole rings is 1. The molecule has 31 heavy (non-hydrogen) atoms. The van der Waals surface area contributed by atoms with Crippen molar-refractivity contribution in [1.29, 1.82) is 0 Å². The van der Waals surface area contributed by atoms with E-state index in [-0.39, 0.29) is 36.1 Å². The van der Waals surface area contributed by atoms with Crippen LogP contribution in [-0.4, -0.2) is 34.9 Å². The number of benzene rings is 1. The summed E-state index contributed by atoms with van der Waals surface area (Å²) >= 11 is 0. The molecule has 3 heterocycles. The zero-order valence-electron chi connectivity index (χ0n) is 17.9. The Balaban J connectivity index is 0.00000171. The van der Waals surface area contributed by atoms with Gasteiger partial charge in [-0.2, -0.15) is 0 Å². The van der Waals surface area contributed by atoms with Crippen LogP contribution in [0.4, 0.5) is 0 Å². The Labute approximate surface area is 195 Å². The van der Waals surface area contributed by atoms with Gasteiger partial charge in [-0.3, -0.25) is 4.79 Å². The Bertz CT molecular complexity index is 1020. The number of fused-ring (bicyclic) bond motifs is 1. The Morgan fingerprint density at radius 3 is 2.68 bits per heavy atom. The van der Waals surface area contributed by atoms with Crippen LogP contribution < -0.4 is 15.4 Å². The van der Waals surface area contributed by atoms with Crippen molar-refractivity contribution >= 4 is 36.4 Å². The number of carbonyl (C=O) groups excluding carboxylic acids is 1. The number of halogens is 2. The zero-order valence-corrected chi connectivity index (χ0v) is 19.5. The van der Waals surface area contributed by atoms with Crippen molar-refractivity contribution in [2.45, 2.75) is 33.3 Å². The maximum absolute atomic E-state index is 12.8. The van der Waals surface area contributed by atoms with Crippen molar-refractivity contribution in [2.75, 3.05) is 19.6 Å². The summed E-state index contributed by atoms with van der Waals surface area (Å²) in [5, 5.41) is 6.48. The van der Waals surface area contributed by atoms with Gasteiger partial charge in [0.2, 0.25) is 0 Å². The highest BCUT2D eigenvalue weighted by molar-refractivity contribution is 5.96. The van der Waals surface area contributed by atoms with Crippen LogP contribution in [0, 0.1) is 12.3 Å². The first kappa shape index (κ1) is 25.0. The van der Waals surface area contributed by atoms with Gasteiger partial charge in [-0.05, 0) is 62.0 Å². The molecule has 0 spiro atoms. The largest absolute Gasteiger partial charge is 0.486 e. The topological polar surface area (TPSA) is 67.7 Å². The number of carbonyl (C=O) groups is 1. The van der Waals surface area contributed by atoms with Crippen LogP contribution in [0.3, 0.4) is 0 Å². The number of rotatable bonds is 6. The molecule has 1 aliphatic rings. The number of pyridine rings is 1. The SMILES string of the molecule is Cc1cccn2cc(COc3ccccc3C(=O)NCC3(C)CCNCC3)nc12.Cl.Cl. The molecule has 2 N–H and O–H groups in total. The van der Waals surface area contributed by atoms with Gasteiger partial charge in [0, 0.05) is 18.9 Å². The number of amides is 1. The van der Waals surface area contributed by atoms with E-state index in [1.807, 2.05) is 60.1 Å². The zero-order chi connectivity index (χ0) is 20.3. The summed E-state index contributed by atoms with van der Waals surface area (Å²) in [7, 11) is 0. The minimum Gasteiger partial charge on any atom is -0.486 e. The molecule has 1 fully saturated rings. The minimum absolute atomic E-state index is 0. The van der Waals surface area contributed by atoms with Gasteiger partial charge in [-0.25, -0.2) is 4.98 Å². The standard InChI is InChI=1S/C23H28N4O2.2ClH/c1-17-6-5-13-27-14-18(26-21(17)27)15-29-20-8-4-3-7-19(20)22(28)25-16-23(2)9-11-24-12-10-23;;/h3-8,13-14,24H,9-12,15-16H2,1-2H3,(H,25,28);2*1H. The molecule has 2 aromatic heterocycles. The van der Waals surface area contributed by atoms with Crippen LogP contribution >= 0.6 is 24.8 Å². The summed E-state index contributed by atoms with van der Waals surface area (Å²) in [6.07, 6.45) is 6.07. The molecule has 0 bridgehead atoms. The fraction of sp³-hybridized carbons (Fsp3) is 0.391. The fourth-order valence-corrected chi connectivity index (χ4v) is 3.80. The molecule has 1 amide bonds. The number of hydrogen-bond acceptors (Lipinski definition) is 4. The summed E-state index contributed by atoms with van der Waals surface area (Å²) in [4.78, 5) is 17.5. The molecule has 0 atom stereocenters. The number of piperidine rings is 1.